The fourth-order valence-corrected chi connectivity index (χ4v) is 2.22. The van der Waals surface area contributed by atoms with E-state index in [0.717, 1.165) is 23.3 Å². The summed E-state index contributed by atoms with van der Waals surface area (Å²) < 4.78 is 0. The molecule has 0 saturated carbocycles. The minimum Gasteiger partial charge on any atom is -0.359 e. The molecule has 0 aliphatic rings. The van der Waals surface area contributed by atoms with Crippen LogP contribution in [-0.2, 0) is 0 Å². The Kier molecular flexibility index (Phi) is 4.09. The summed E-state index contributed by atoms with van der Waals surface area (Å²) in [5.74, 6) is 0.831. The van der Waals surface area contributed by atoms with Crippen LogP contribution in [0.3, 0.4) is 0 Å². The summed E-state index contributed by atoms with van der Waals surface area (Å²) in [5, 5.41) is 11.5. The molecule has 0 radical (unpaired) electrons. The number of hydrogen-bond donors (Lipinski definition) is 1. The van der Waals surface area contributed by atoms with E-state index in [1.54, 1.807) is 6.07 Å². The van der Waals surface area contributed by atoms with Crippen molar-refractivity contribution in [3.05, 3.63) is 40.4 Å². The normalized spacial score (nSPS) is 11.6. The van der Waals surface area contributed by atoms with Gasteiger partial charge in [0.1, 0.15) is 5.82 Å². The van der Waals surface area contributed by atoms with E-state index in [9.17, 15) is 10.1 Å². The van der Waals surface area contributed by atoms with Crippen LogP contribution in [0.15, 0.2) is 30.3 Å². The molecule has 112 valence electrons. The highest BCUT2D eigenvalue weighted by atomic mass is 16.6. The lowest BCUT2D eigenvalue weighted by atomic mass is 9.93. The van der Waals surface area contributed by atoms with Crippen molar-refractivity contribution in [2.24, 2.45) is 11.1 Å². The van der Waals surface area contributed by atoms with E-state index in [1.165, 1.54) is 12.1 Å². The molecule has 0 unspecified atom stereocenters. The molecular formula is C15H20N4O2. The van der Waals surface area contributed by atoms with Crippen LogP contribution >= 0.6 is 0 Å². The third-order valence-corrected chi connectivity index (χ3v) is 3.48. The van der Waals surface area contributed by atoms with Gasteiger partial charge >= 0.3 is 0 Å². The summed E-state index contributed by atoms with van der Waals surface area (Å²) in [4.78, 5) is 17.0. The molecule has 1 aromatic heterocycles. The van der Waals surface area contributed by atoms with Crippen LogP contribution < -0.4 is 10.6 Å². The number of benzene rings is 1. The van der Waals surface area contributed by atoms with Gasteiger partial charge < -0.3 is 10.6 Å². The second kappa shape index (κ2) is 5.65. The van der Waals surface area contributed by atoms with Gasteiger partial charge in [0.2, 0.25) is 0 Å². The van der Waals surface area contributed by atoms with E-state index >= 15 is 0 Å². The lowest BCUT2D eigenvalue weighted by Crippen LogP contribution is -2.37. The van der Waals surface area contributed by atoms with Gasteiger partial charge in [-0.05, 0) is 30.2 Å². The fraction of sp³-hybridized carbons (Fsp3) is 0.400. The maximum atomic E-state index is 10.8. The van der Waals surface area contributed by atoms with Gasteiger partial charge in [-0.3, -0.25) is 10.1 Å². The number of nitrogens with zero attached hydrogens (tertiary/aromatic N) is 3. The average molecular weight is 288 g/mol. The lowest BCUT2D eigenvalue weighted by molar-refractivity contribution is -0.384. The molecule has 0 aliphatic carbocycles. The van der Waals surface area contributed by atoms with Crippen molar-refractivity contribution in [1.29, 1.82) is 0 Å². The molecule has 6 heteroatoms. The fourth-order valence-electron chi connectivity index (χ4n) is 2.22. The quantitative estimate of drug-likeness (QED) is 0.675. The summed E-state index contributed by atoms with van der Waals surface area (Å²) in [7, 11) is 1.97. The number of nitro benzene ring substituents is 1. The summed E-state index contributed by atoms with van der Waals surface area (Å²) in [6.45, 7) is 5.59. The molecule has 0 bridgehead atoms. The van der Waals surface area contributed by atoms with Crippen molar-refractivity contribution in [3.8, 4) is 0 Å². The number of pyridine rings is 1. The molecule has 6 nitrogen and oxygen atoms in total. The van der Waals surface area contributed by atoms with E-state index in [0.29, 0.717) is 6.54 Å². The highest BCUT2D eigenvalue weighted by molar-refractivity contribution is 5.82. The van der Waals surface area contributed by atoms with Crippen LogP contribution in [0, 0.1) is 15.5 Å². The number of rotatable bonds is 5. The highest BCUT2D eigenvalue weighted by Gasteiger charge is 2.19. The SMILES string of the molecule is CN(CC(C)(C)CN)c1ccc2cc([N+](=O)[O-])ccc2n1. The first kappa shape index (κ1) is 15.2. The monoisotopic (exact) mass is 288 g/mol. The van der Waals surface area contributed by atoms with Crippen molar-refractivity contribution >= 4 is 22.4 Å². The first-order valence-corrected chi connectivity index (χ1v) is 6.79. The van der Waals surface area contributed by atoms with Crippen LogP contribution in [-0.4, -0.2) is 30.0 Å². The molecule has 1 heterocycles. The Hall–Kier alpha value is -2.21. The van der Waals surface area contributed by atoms with E-state index < -0.39 is 4.92 Å². The second-order valence-electron chi connectivity index (χ2n) is 6.03. The number of non-ortho nitro benzene ring substituents is 1. The lowest BCUT2D eigenvalue weighted by Gasteiger charge is -2.29. The summed E-state index contributed by atoms with van der Waals surface area (Å²) in [5.41, 5.74) is 6.58. The van der Waals surface area contributed by atoms with Crippen LogP contribution in [0.1, 0.15) is 13.8 Å². The third-order valence-electron chi connectivity index (χ3n) is 3.48. The predicted molar refractivity (Wildman–Crippen MR) is 84.5 cm³/mol. The molecule has 0 atom stereocenters. The summed E-state index contributed by atoms with van der Waals surface area (Å²) >= 11 is 0. The molecule has 2 rings (SSSR count). The van der Waals surface area contributed by atoms with E-state index in [2.05, 4.69) is 18.8 Å². The zero-order valence-electron chi connectivity index (χ0n) is 12.5. The molecule has 2 aromatic rings. The maximum absolute atomic E-state index is 10.8. The Morgan fingerprint density at radius 3 is 2.67 bits per heavy atom. The number of nitrogens with two attached hydrogens (primary N) is 1. The van der Waals surface area contributed by atoms with Gasteiger partial charge in [-0.25, -0.2) is 4.98 Å². The number of nitro groups is 1. The van der Waals surface area contributed by atoms with Gasteiger partial charge in [-0.2, -0.15) is 0 Å². The number of aromatic nitrogens is 1. The Morgan fingerprint density at radius 2 is 2.05 bits per heavy atom. The predicted octanol–water partition coefficient (Wildman–Crippen LogP) is 2.56. The van der Waals surface area contributed by atoms with Crippen molar-refractivity contribution in [1.82, 2.24) is 4.98 Å². The Morgan fingerprint density at radius 1 is 1.33 bits per heavy atom. The van der Waals surface area contributed by atoms with Gasteiger partial charge in [0.15, 0.2) is 0 Å². The Balaban J connectivity index is 2.31. The molecular weight excluding hydrogens is 268 g/mol. The Bertz CT molecular complexity index is 670. The minimum atomic E-state index is -0.400. The standard InChI is InChI=1S/C15H20N4O2/c1-15(2,9-16)10-18(3)14-7-4-11-8-12(19(20)21)5-6-13(11)17-14/h4-8H,9-10,16H2,1-3H3. The average Bonchev–Trinajstić information content (AvgIpc) is 2.45. The third kappa shape index (κ3) is 3.46. The smallest absolute Gasteiger partial charge is 0.270 e. The number of hydrogen-bond acceptors (Lipinski definition) is 5. The van der Waals surface area contributed by atoms with E-state index in [-0.39, 0.29) is 11.1 Å². The van der Waals surface area contributed by atoms with E-state index in [4.69, 9.17) is 5.73 Å². The Labute approximate surface area is 123 Å². The minimum absolute atomic E-state index is 0.000855. The maximum Gasteiger partial charge on any atom is 0.270 e. The zero-order chi connectivity index (χ0) is 15.6. The molecule has 0 aliphatic heterocycles. The molecule has 0 fully saturated rings. The molecule has 0 amide bonds. The summed E-state index contributed by atoms with van der Waals surface area (Å²) in [6, 6.07) is 8.42. The van der Waals surface area contributed by atoms with Gasteiger partial charge in [-0.15, -0.1) is 0 Å². The first-order valence-electron chi connectivity index (χ1n) is 6.79. The topological polar surface area (TPSA) is 85.3 Å². The summed E-state index contributed by atoms with van der Waals surface area (Å²) in [6.07, 6.45) is 0. The highest BCUT2D eigenvalue weighted by Crippen LogP contribution is 2.24. The van der Waals surface area contributed by atoms with Crippen LogP contribution in [0.5, 0.6) is 0 Å². The van der Waals surface area contributed by atoms with Crippen LogP contribution in [0.25, 0.3) is 10.9 Å². The zero-order valence-corrected chi connectivity index (χ0v) is 12.5. The molecule has 0 saturated heterocycles. The molecule has 1 aromatic carbocycles. The van der Waals surface area contributed by atoms with Gasteiger partial charge in [0, 0.05) is 31.1 Å². The first-order chi connectivity index (χ1) is 9.82. The van der Waals surface area contributed by atoms with Crippen molar-refractivity contribution in [2.75, 3.05) is 25.0 Å². The molecule has 2 N–H and O–H groups in total. The van der Waals surface area contributed by atoms with Crippen molar-refractivity contribution < 1.29 is 4.92 Å². The largest absolute Gasteiger partial charge is 0.359 e. The number of anilines is 1. The molecule has 21 heavy (non-hydrogen) atoms. The van der Waals surface area contributed by atoms with Gasteiger partial charge in [0.25, 0.3) is 5.69 Å². The van der Waals surface area contributed by atoms with Gasteiger partial charge in [0.05, 0.1) is 10.4 Å². The van der Waals surface area contributed by atoms with Crippen LogP contribution in [0.2, 0.25) is 0 Å². The van der Waals surface area contributed by atoms with Crippen molar-refractivity contribution in [3.63, 3.8) is 0 Å². The number of fused-ring (bicyclic) bond motifs is 1. The van der Waals surface area contributed by atoms with E-state index in [1.807, 2.05) is 24.1 Å². The van der Waals surface area contributed by atoms with Crippen molar-refractivity contribution in [2.45, 2.75) is 13.8 Å². The molecule has 0 spiro atoms. The van der Waals surface area contributed by atoms with Gasteiger partial charge in [-0.1, -0.05) is 13.8 Å². The van der Waals surface area contributed by atoms with Crippen LogP contribution in [0.4, 0.5) is 11.5 Å². The second-order valence-corrected chi connectivity index (χ2v) is 6.03.